The van der Waals surface area contributed by atoms with E-state index in [0.717, 1.165) is 38.1 Å². The summed E-state index contributed by atoms with van der Waals surface area (Å²) in [4.78, 5) is 14.4. The molecule has 1 saturated heterocycles. The van der Waals surface area contributed by atoms with Gasteiger partial charge in [-0.3, -0.25) is 4.79 Å². The number of benzene rings is 1. The van der Waals surface area contributed by atoms with E-state index in [1.807, 2.05) is 27.7 Å². The van der Waals surface area contributed by atoms with Crippen molar-refractivity contribution in [2.45, 2.75) is 45.1 Å². The van der Waals surface area contributed by atoms with Crippen molar-refractivity contribution < 1.29 is 9.53 Å². The third kappa shape index (κ3) is 4.18. The van der Waals surface area contributed by atoms with Crippen LogP contribution in [0, 0.1) is 0 Å². The number of nitrogens with zero attached hydrogens (tertiary/aromatic N) is 4. The first-order valence-electron chi connectivity index (χ1n) is 9.02. The van der Waals surface area contributed by atoms with Gasteiger partial charge < -0.3 is 14.2 Å². The average molecular weight is 342 g/mol. The topological polar surface area (TPSA) is 60.2 Å². The Kier molecular flexibility index (Phi) is 5.68. The van der Waals surface area contributed by atoms with Gasteiger partial charge in [-0.2, -0.15) is 0 Å². The highest BCUT2D eigenvalue weighted by Gasteiger charge is 2.24. The van der Waals surface area contributed by atoms with E-state index in [2.05, 4.69) is 30.1 Å². The largest absolute Gasteiger partial charge is 0.483 e. The quantitative estimate of drug-likeness (QED) is 0.809. The van der Waals surface area contributed by atoms with Crippen LogP contribution in [-0.2, 0) is 4.79 Å². The number of likely N-dealkylation sites (tertiary alicyclic amines) is 1. The van der Waals surface area contributed by atoms with Gasteiger partial charge >= 0.3 is 0 Å². The van der Waals surface area contributed by atoms with Crippen molar-refractivity contribution >= 4 is 5.91 Å². The molecule has 6 heteroatoms. The third-order valence-corrected chi connectivity index (χ3v) is 5.09. The van der Waals surface area contributed by atoms with Gasteiger partial charge in [0.15, 0.2) is 6.61 Å². The molecule has 3 rings (SSSR count). The Morgan fingerprint density at radius 3 is 2.60 bits per heavy atom. The molecule has 0 bridgehead atoms. The van der Waals surface area contributed by atoms with Gasteiger partial charge in [-0.15, -0.1) is 10.2 Å². The Labute approximate surface area is 148 Å². The Morgan fingerprint density at radius 1 is 1.24 bits per heavy atom. The van der Waals surface area contributed by atoms with Crippen molar-refractivity contribution in [2.24, 2.45) is 0 Å². The fraction of sp³-hybridized carbons (Fsp3) is 0.526. The highest BCUT2D eigenvalue weighted by atomic mass is 16.5. The molecular formula is C19H26N4O2. The van der Waals surface area contributed by atoms with Gasteiger partial charge in [0.2, 0.25) is 0 Å². The van der Waals surface area contributed by atoms with Gasteiger partial charge in [-0.05, 0) is 36.8 Å². The first-order chi connectivity index (χ1) is 12.2. The summed E-state index contributed by atoms with van der Waals surface area (Å²) in [5.74, 6) is 1.30. The van der Waals surface area contributed by atoms with Crippen molar-refractivity contribution in [3.8, 4) is 5.75 Å². The minimum absolute atomic E-state index is 0.0566. The van der Waals surface area contributed by atoms with E-state index in [-0.39, 0.29) is 12.5 Å². The van der Waals surface area contributed by atoms with E-state index in [1.54, 1.807) is 12.7 Å². The second-order valence-corrected chi connectivity index (χ2v) is 6.66. The SMILES string of the molecule is CC[C@@H](C)c1ccccc1OCC(=O)N1CCC(n2cnnc2)CC1. The molecule has 1 amide bonds. The molecule has 1 fully saturated rings. The van der Waals surface area contributed by atoms with Crippen molar-refractivity contribution in [1.82, 2.24) is 19.7 Å². The summed E-state index contributed by atoms with van der Waals surface area (Å²) in [5, 5.41) is 7.71. The van der Waals surface area contributed by atoms with Gasteiger partial charge in [0.05, 0.1) is 0 Å². The van der Waals surface area contributed by atoms with Crippen molar-refractivity contribution in [3.63, 3.8) is 0 Å². The molecule has 134 valence electrons. The molecule has 1 aromatic carbocycles. The van der Waals surface area contributed by atoms with E-state index in [1.165, 1.54) is 5.56 Å². The van der Waals surface area contributed by atoms with Crippen LogP contribution >= 0.6 is 0 Å². The van der Waals surface area contributed by atoms with E-state index < -0.39 is 0 Å². The molecule has 1 aliphatic rings. The molecular weight excluding hydrogens is 316 g/mol. The summed E-state index contributed by atoms with van der Waals surface area (Å²) in [6.07, 6.45) is 6.39. The third-order valence-electron chi connectivity index (χ3n) is 5.09. The first kappa shape index (κ1) is 17.5. The zero-order chi connectivity index (χ0) is 17.6. The molecule has 0 spiro atoms. The molecule has 2 heterocycles. The summed E-state index contributed by atoms with van der Waals surface area (Å²) in [6.45, 7) is 5.94. The zero-order valence-electron chi connectivity index (χ0n) is 15.0. The van der Waals surface area contributed by atoms with Gasteiger partial charge in [-0.25, -0.2) is 0 Å². The maximum absolute atomic E-state index is 12.5. The zero-order valence-corrected chi connectivity index (χ0v) is 15.0. The van der Waals surface area contributed by atoms with Gasteiger partial charge in [0.25, 0.3) is 5.91 Å². The second-order valence-electron chi connectivity index (χ2n) is 6.66. The minimum atomic E-state index is 0.0566. The molecule has 25 heavy (non-hydrogen) atoms. The highest BCUT2D eigenvalue weighted by molar-refractivity contribution is 5.77. The van der Waals surface area contributed by atoms with Crippen LogP contribution in [0.2, 0.25) is 0 Å². The Balaban J connectivity index is 1.52. The van der Waals surface area contributed by atoms with E-state index in [4.69, 9.17) is 4.74 Å². The number of hydrogen-bond acceptors (Lipinski definition) is 4. The maximum atomic E-state index is 12.5. The van der Waals surface area contributed by atoms with Crippen LogP contribution in [0.4, 0.5) is 0 Å². The van der Waals surface area contributed by atoms with Crippen LogP contribution in [0.1, 0.15) is 50.6 Å². The number of aromatic nitrogens is 3. The van der Waals surface area contributed by atoms with Crippen LogP contribution in [0.25, 0.3) is 0 Å². The summed E-state index contributed by atoms with van der Waals surface area (Å²) in [5.41, 5.74) is 1.17. The van der Waals surface area contributed by atoms with Crippen molar-refractivity contribution in [2.75, 3.05) is 19.7 Å². The molecule has 1 aromatic heterocycles. The van der Waals surface area contributed by atoms with Crippen LogP contribution in [0.5, 0.6) is 5.75 Å². The van der Waals surface area contributed by atoms with Gasteiger partial charge in [0.1, 0.15) is 18.4 Å². The molecule has 0 aliphatic carbocycles. The second kappa shape index (κ2) is 8.14. The number of piperidine rings is 1. The standard InChI is InChI=1S/C19H26N4O2/c1-3-15(2)17-6-4-5-7-18(17)25-12-19(24)22-10-8-16(9-11-22)23-13-20-21-14-23/h4-7,13-16H,3,8-12H2,1-2H3/t15-/m1/s1. The van der Waals surface area contributed by atoms with Crippen LogP contribution < -0.4 is 4.74 Å². The molecule has 1 aliphatic heterocycles. The van der Waals surface area contributed by atoms with Crippen LogP contribution in [-0.4, -0.2) is 45.3 Å². The lowest BCUT2D eigenvalue weighted by Crippen LogP contribution is -2.41. The fourth-order valence-corrected chi connectivity index (χ4v) is 3.28. The van der Waals surface area contributed by atoms with Crippen molar-refractivity contribution in [1.29, 1.82) is 0 Å². The predicted molar refractivity (Wildman–Crippen MR) is 95.5 cm³/mol. The van der Waals surface area contributed by atoms with Crippen LogP contribution in [0.15, 0.2) is 36.9 Å². The molecule has 0 N–H and O–H groups in total. The Hall–Kier alpha value is -2.37. The number of hydrogen-bond donors (Lipinski definition) is 0. The number of para-hydroxylation sites is 1. The lowest BCUT2D eigenvalue weighted by atomic mass is 9.98. The first-order valence-corrected chi connectivity index (χ1v) is 9.02. The number of carbonyl (C=O) groups is 1. The molecule has 0 saturated carbocycles. The highest BCUT2D eigenvalue weighted by Crippen LogP contribution is 2.28. The number of carbonyl (C=O) groups excluding carboxylic acids is 1. The molecule has 0 radical (unpaired) electrons. The lowest BCUT2D eigenvalue weighted by molar-refractivity contribution is -0.134. The normalized spacial score (nSPS) is 16.6. The molecule has 6 nitrogen and oxygen atoms in total. The van der Waals surface area contributed by atoms with Gasteiger partial charge in [0, 0.05) is 19.1 Å². The number of amides is 1. The summed E-state index contributed by atoms with van der Waals surface area (Å²) in [6, 6.07) is 8.39. The maximum Gasteiger partial charge on any atom is 0.260 e. The van der Waals surface area contributed by atoms with E-state index in [9.17, 15) is 4.79 Å². The average Bonchev–Trinajstić information content (AvgIpc) is 3.20. The monoisotopic (exact) mass is 342 g/mol. The molecule has 1 atom stereocenters. The minimum Gasteiger partial charge on any atom is -0.483 e. The number of rotatable bonds is 6. The van der Waals surface area contributed by atoms with E-state index in [0.29, 0.717) is 12.0 Å². The molecule has 0 unspecified atom stereocenters. The Morgan fingerprint density at radius 2 is 1.92 bits per heavy atom. The van der Waals surface area contributed by atoms with Gasteiger partial charge in [-0.1, -0.05) is 32.0 Å². The van der Waals surface area contributed by atoms with Crippen LogP contribution in [0.3, 0.4) is 0 Å². The summed E-state index contributed by atoms with van der Waals surface area (Å²) in [7, 11) is 0. The van der Waals surface area contributed by atoms with E-state index >= 15 is 0 Å². The van der Waals surface area contributed by atoms with Crippen molar-refractivity contribution in [3.05, 3.63) is 42.5 Å². The summed E-state index contributed by atoms with van der Waals surface area (Å²) < 4.78 is 7.89. The fourth-order valence-electron chi connectivity index (χ4n) is 3.28. The molecule has 2 aromatic rings. The predicted octanol–water partition coefficient (Wildman–Crippen LogP) is 3.03. The summed E-state index contributed by atoms with van der Waals surface area (Å²) >= 11 is 0. The smallest absolute Gasteiger partial charge is 0.260 e. The number of ether oxygens (including phenoxy) is 1. The Bertz CT molecular complexity index is 678. The lowest BCUT2D eigenvalue weighted by Gasteiger charge is -2.32.